The summed E-state index contributed by atoms with van der Waals surface area (Å²) in [6, 6.07) is 17.3. The van der Waals surface area contributed by atoms with Crippen LogP contribution < -0.4 is 21.1 Å². The fourth-order valence-electron chi connectivity index (χ4n) is 5.49. The number of methoxy groups -OCH3 is 1. The highest BCUT2D eigenvalue weighted by molar-refractivity contribution is 8.04. The van der Waals surface area contributed by atoms with Crippen LogP contribution in [-0.2, 0) is 36.6 Å². The summed E-state index contributed by atoms with van der Waals surface area (Å²) in [7, 11) is -2.90. The van der Waals surface area contributed by atoms with Crippen molar-refractivity contribution in [2.45, 2.75) is 50.2 Å². The Kier molecular flexibility index (Phi) is 12.2. The van der Waals surface area contributed by atoms with Gasteiger partial charge in [-0.2, -0.15) is 0 Å². The molecule has 1 saturated heterocycles. The number of likely N-dealkylation sites (tertiary alicyclic amines) is 1. The van der Waals surface area contributed by atoms with Gasteiger partial charge < -0.3 is 35.8 Å². The molecule has 0 saturated carbocycles. The zero-order valence-corrected chi connectivity index (χ0v) is 27.2. The molecule has 1 aliphatic heterocycles. The first kappa shape index (κ1) is 35.0. The highest BCUT2D eigenvalue weighted by Gasteiger charge is 2.37. The number of amides is 4. The monoisotopic (exact) mass is 670 g/mol. The maximum absolute atomic E-state index is 13.9. The quantitative estimate of drug-likeness (QED) is 0.160. The molecule has 1 aliphatic rings. The maximum atomic E-state index is 13.9. The molecular weight excluding hydrogens is 631 g/mol. The molecule has 246 valence electrons. The number of carbonyl (C=O) groups is 4. The summed E-state index contributed by atoms with van der Waals surface area (Å²) in [5, 5.41) is 7.45. The minimum Gasteiger partial charge on any atom is -0.496 e. The van der Waals surface area contributed by atoms with Gasteiger partial charge in [-0.3, -0.25) is 23.7 Å². The summed E-state index contributed by atoms with van der Waals surface area (Å²) in [5.41, 5.74) is 6.54. The molecule has 6 N–H and O–H groups in total. The molecule has 0 aromatic heterocycles. The van der Waals surface area contributed by atoms with Crippen molar-refractivity contribution in [2.75, 3.05) is 24.9 Å². The number of carbonyl (C=O) groups excluding carboxylic acids is 4. The maximum Gasteiger partial charge on any atom is 0.335 e. The second-order valence-corrected chi connectivity index (χ2v) is 14.3. The Labute approximate surface area is 271 Å². The lowest BCUT2D eigenvalue weighted by Gasteiger charge is -2.37. The SMILES string of the molecule is COc1ccccc1CC(=O)N[C@@H](CSCP(=O)(O)O)C(=O)N1CCCC[C@H]1C(=O)N[C@@H](Cc1ccc2ccccc2c1)C(N)=O. The van der Waals surface area contributed by atoms with Gasteiger partial charge in [-0.15, -0.1) is 11.8 Å². The van der Waals surface area contributed by atoms with Crippen LogP contribution in [0, 0.1) is 0 Å². The molecule has 1 fully saturated rings. The number of nitrogens with one attached hydrogen (secondary N) is 2. The van der Waals surface area contributed by atoms with E-state index in [0.717, 1.165) is 28.1 Å². The van der Waals surface area contributed by atoms with Crippen molar-refractivity contribution in [3.05, 3.63) is 77.9 Å². The second-order valence-electron chi connectivity index (χ2n) is 11.2. The Morgan fingerprint density at radius 3 is 2.43 bits per heavy atom. The molecule has 3 aromatic rings. The van der Waals surface area contributed by atoms with Gasteiger partial charge in [0.15, 0.2) is 0 Å². The lowest BCUT2D eigenvalue weighted by molar-refractivity contribution is -0.145. The first-order valence-electron chi connectivity index (χ1n) is 14.9. The molecule has 4 amide bonds. The first-order chi connectivity index (χ1) is 21.9. The molecule has 3 atom stereocenters. The van der Waals surface area contributed by atoms with Gasteiger partial charge in [-0.25, -0.2) is 0 Å². The largest absolute Gasteiger partial charge is 0.496 e. The van der Waals surface area contributed by atoms with Crippen molar-refractivity contribution >= 4 is 53.8 Å². The van der Waals surface area contributed by atoms with Crippen LogP contribution in [0.15, 0.2) is 66.7 Å². The molecule has 0 spiro atoms. The molecular formula is C32H39N4O8PS. The number of nitrogens with two attached hydrogens (primary N) is 1. The number of primary amides is 1. The molecule has 3 aromatic carbocycles. The first-order valence-corrected chi connectivity index (χ1v) is 17.8. The molecule has 0 radical (unpaired) electrons. The number of benzene rings is 3. The van der Waals surface area contributed by atoms with Gasteiger partial charge in [0.2, 0.25) is 23.6 Å². The second kappa shape index (κ2) is 16.1. The van der Waals surface area contributed by atoms with Crippen LogP contribution in [0.4, 0.5) is 0 Å². The molecule has 12 nitrogen and oxygen atoms in total. The smallest absolute Gasteiger partial charge is 0.335 e. The molecule has 0 aliphatic carbocycles. The van der Waals surface area contributed by atoms with Gasteiger partial charge in [0.05, 0.1) is 19.0 Å². The summed E-state index contributed by atoms with van der Waals surface area (Å²) in [6.45, 7) is 0.227. The van der Waals surface area contributed by atoms with Gasteiger partial charge in [-0.05, 0) is 41.7 Å². The van der Waals surface area contributed by atoms with E-state index >= 15 is 0 Å². The van der Waals surface area contributed by atoms with Gasteiger partial charge in [0, 0.05) is 24.3 Å². The van der Waals surface area contributed by atoms with Crippen LogP contribution in [0.25, 0.3) is 10.8 Å². The topological polar surface area (TPSA) is 188 Å². The van der Waals surface area contributed by atoms with E-state index in [9.17, 15) is 33.5 Å². The minimum atomic E-state index is -4.38. The molecule has 0 unspecified atom stereocenters. The van der Waals surface area contributed by atoms with Gasteiger partial charge in [0.1, 0.15) is 23.9 Å². The van der Waals surface area contributed by atoms with E-state index in [-0.39, 0.29) is 25.1 Å². The standard InChI is InChI=1S/C32H39N4O8PS/c1-44-28-12-5-4-10-24(28)18-29(37)34-26(19-46-20-45(41,42)43)32(40)36-15-7-6-11-27(36)31(39)35-25(30(33)38)17-21-13-14-22-8-2-3-9-23(22)16-21/h2-5,8-10,12-14,16,25-27H,6-7,11,15,17-20H2,1H3,(H2,33,38)(H,34,37)(H,35,39)(H2,41,42,43)/t25-,26-,27-/m0/s1. The van der Waals surface area contributed by atoms with E-state index in [2.05, 4.69) is 10.6 Å². The molecule has 0 bridgehead atoms. The summed E-state index contributed by atoms with van der Waals surface area (Å²) in [4.78, 5) is 73.1. The number of hydrogen-bond acceptors (Lipinski definition) is 7. The van der Waals surface area contributed by atoms with Gasteiger partial charge in [0.25, 0.3) is 0 Å². The van der Waals surface area contributed by atoms with E-state index in [1.165, 1.54) is 12.0 Å². The van der Waals surface area contributed by atoms with E-state index < -0.39 is 54.8 Å². The van der Waals surface area contributed by atoms with Crippen LogP contribution in [0.2, 0.25) is 0 Å². The zero-order valence-electron chi connectivity index (χ0n) is 25.5. The lowest BCUT2D eigenvalue weighted by atomic mass is 9.98. The summed E-state index contributed by atoms with van der Waals surface area (Å²) < 4.78 is 16.8. The van der Waals surface area contributed by atoms with Crippen LogP contribution in [0.5, 0.6) is 5.75 Å². The van der Waals surface area contributed by atoms with Crippen LogP contribution in [0.1, 0.15) is 30.4 Å². The highest BCUT2D eigenvalue weighted by atomic mass is 32.2. The molecule has 46 heavy (non-hydrogen) atoms. The van der Waals surface area contributed by atoms with Crippen LogP contribution >= 0.6 is 19.4 Å². The number of thioether (sulfide) groups is 1. The Hall–Kier alpha value is -3.90. The predicted molar refractivity (Wildman–Crippen MR) is 176 cm³/mol. The number of piperidine rings is 1. The summed E-state index contributed by atoms with van der Waals surface area (Å²) in [6.07, 6.45) is 1.66. The molecule has 1 heterocycles. The number of para-hydroxylation sites is 1. The fraction of sp³-hybridized carbons (Fsp3) is 0.375. The van der Waals surface area contributed by atoms with Crippen molar-refractivity contribution in [3.63, 3.8) is 0 Å². The Balaban J connectivity index is 1.49. The third-order valence-corrected chi connectivity index (χ3v) is 10.4. The number of nitrogens with zero attached hydrogens (tertiary/aromatic N) is 1. The van der Waals surface area contributed by atoms with Gasteiger partial charge in [-0.1, -0.05) is 60.7 Å². The zero-order chi connectivity index (χ0) is 33.3. The third-order valence-electron chi connectivity index (χ3n) is 7.72. The fourth-order valence-corrected chi connectivity index (χ4v) is 7.33. The van der Waals surface area contributed by atoms with Crippen molar-refractivity contribution in [1.82, 2.24) is 15.5 Å². The highest BCUT2D eigenvalue weighted by Crippen LogP contribution is 2.38. The van der Waals surface area contributed by atoms with E-state index in [1.54, 1.807) is 24.3 Å². The average Bonchev–Trinajstić information content (AvgIpc) is 3.03. The predicted octanol–water partition coefficient (Wildman–Crippen LogP) is 2.34. The normalized spacial score (nSPS) is 16.3. The number of fused-ring (bicyclic) bond motifs is 1. The lowest BCUT2D eigenvalue weighted by Crippen LogP contribution is -2.60. The number of hydrogen-bond donors (Lipinski definition) is 5. The minimum absolute atomic E-state index is 0.101. The summed E-state index contributed by atoms with van der Waals surface area (Å²) >= 11 is 0.831. The Morgan fingerprint density at radius 2 is 1.72 bits per heavy atom. The Bertz CT molecular complexity index is 1620. The average molecular weight is 671 g/mol. The van der Waals surface area contributed by atoms with Gasteiger partial charge >= 0.3 is 7.60 Å². The van der Waals surface area contributed by atoms with E-state index in [4.69, 9.17) is 10.5 Å². The Morgan fingerprint density at radius 1 is 1.00 bits per heavy atom. The van der Waals surface area contributed by atoms with Crippen LogP contribution in [0.3, 0.4) is 0 Å². The van der Waals surface area contributed by atoms with Crippen LogP contribution in [-0.4, -0.2) is 81.3 Å². The van der Waals surface area contributed by atoms with Crippen molar-refractivity contribution in [1.29, 1.82) is 0 Å². The van der Waals surface area contributed by atoms with Crippen molar-refractivity contribution in [3.8, 4) is 5.75 Å². The van der Waals surface area contributed by atoms with Crippen molar-refractivity contribution < 1.29 is 38.3 Å². The van der Waals surface area contributed by atoms with Crippen molar-refractivity contribution in [2.24, 2.45) is 5.73 Å². The molecule has 4 rings (SSSR count). The van der Waals surface area contributed by atoms with E-state index in [1.807, 2.05) is 42.5 Å². The summed E-state index contributed by atoms with van der Waals surface area (Å²) in [5.74, 6) is -1.95. The molecule has 14 heteroatoms. The third kappa shape index (κ3) is 9.80. The number of ether oxygens (including phenoxy) is 1. The number of rotatable bonds is 14. The van der Waals surface area contributed by atoms with E-state index in [0.29, 0.717) is 30.6 Å².